The molecule has 0 saturated carbocycles. The standard InChI is InChI=1S/C4H12N2.H2O8S2/c5-3-1-2-4-6;1-9(2,3)7-8-10(4,5)6/h1-6H2;(H,1,2,3)(H,4,5,6). The molecule has 0 aromatic heterocycles. The van der Waals surface area contributed by atoms with Gasteiger partial charge in [-0.05, 0) is 25.9 Å². The summed E-state index contributed by atoms with van der Waals surface area (Å²) in [7, 11) is -10.0. The van der Waals surface area contributed by atoms with E-state index in [0.29, 0.717) is 0 Å². The molecule has 12 heteroatoms. The maximum atomic E-state index is 9.51. The van der Waals surface area contributed by atoms with E-state index in [2.05, 4.69) is 8.67 Å². The Bertz CT molecular complexity index is 312. The van der Waals surface area contributed by atoms with Gasteiger partial charge in [0.1, 0.15) is 0 Å². The third-order valence-electron chi connectivity index (χ3n) is 0.858. The average Bonchev–Trinajstić information content (AvgIpc) is 2.11. The van der Waals surface area contributed by atoms with Crippen molar-refractivity contribution in [3.8, 4) is 0 Å². The lowest BCUT2D eigenvalue weighted by molar-refractivity contribution is -0.105. The van der Waals surface area contributed by atoms with Crippen LogP contribution in [-0.4, -0.2) is 39.0 Å². The Morgan fingerprint density at radius 3 is 1.19 bits per heavy atom. The van der Waals surface area contributed by atoms with Gasteiger partial charge in [0.2, 0.25) is 0 Å². The molecule has 10 nitrogen and oxygen atoms in total. The summed E-state index contributed by atoms with van der Waals surface area (Å²) in [5.74, 6) is 0. The second-order valence-corrected chi connectivity index (χ2v) is 4.26. The van der Waals surface area contributed by atoms with E-state index in [4.69, 9.17) is 20.6 Å². The predicted molar refractivity (Wildman–Crippen MR) is 52.6 cm³/mol. The van der Waals surface area contributed by atoms with E-state index in [1.165, 1.54) is 0 Å². The SMILES string of the molecule is NCCCCN.O=S(=O)(O)OOS(=O)(=O)O. The summed E-state index contributed by atoms with van der Waals surface area (Å²) in [6.07, 6.45) is 2.13. The van der Waals surface area contributed by atoms with Crippen molar-refractivity contribution in [2.24, 2.45) is 11.5 Å². The summed E-state index contributed by atoms with van der Waals surface area (Å²) < 4.78 is 58.9. The van der Waals surface area contributed by atoms with Gasteiger partial charge in [-0.2, -0.15) is 16.8 Å². The Hall–Kier alpha value is -0.340. The minimum atomic E-state index is -5.02. The van der Waals surface area contributed by atoms with E-state index in [1.807, 2.05) is 0 Å². The lowest BCUT2D eigenvalue weighted by atomic mass is 10.3. The van der Waals surface area contributed by atoms with Crippen molar-refractivity contribution >= 4 is 20.8 Å². The van der Waals surface area contributed by atoms with E-state index < -0.39 is 20.8 Å². The second-order valence-electron chi connectivity index (χ2n) is 2.28. The molecule has 0 saturated heterocycles. The first kappa shape index (κ1) is 18.0. The topological polar surface area (TPSA) is 179 Å². The van der Waals surface area contributed by atoms with Gasteiger partial charge in [0.15, 0.2) is 0 Å². The molecule has 0 fully saturated rings. The van der Waals surface area contributed by atoms with Crippen molar-refractivity contribution in [3.05, 3.63) is 0 Å². The summed E-state index contributed by atoms with van der Waals surface area (Å²) in [6, 6.07) is 0. The largest absolute Gasteiger partial charge is 0.425 e. The molecule has 100 valence electrons. The fourth-order valence-corrected chi connectivity index (χ4v) is 0.921. The van der Waals surface area contributed by atoms with Crippen molar-refractivity contribution < 1.29 is 34.6 Å². The average molecular weight is 282 g/mol. The van der Waals surface area contributed by atoms with Gasteiger partial charge in [0, 0.05) is 0 Å². The normalized spacial score (nSPS) is 11.8. The van der Waals surface area contributed by atoms with Crippen molar-refractivity contribution in [2.75, 3.05) is 13.1 Å². The minimum Gasteiger partial charge on any atom is -0.330 e. The number of hydrogen-bond donors (Lipinski definition) is 4. The molecule has 0 aromatic rings. The molecule has 0 heterocycles. The van der Waals surface area contributed by atoms with Crippen molar-refractivity contribution in [1.82, 2.24) is 0 Å². The first-order chi connectivity index (χ1) is 7.12. The van der Waals surface area contributed by atoms with Crippen molar-refractivity contribution in [2.45, 2.75) is 12.8 Å². The highest BCUT2D eigenvalue weighted by Gasteiger charge is 2.13. The summed E-state index contributed by atoms with van der Waals surface area (Å²) in [4.78, 5) is 0. The number of rotatable bonds is 6. The molecule has 0 aliphatic rings. The lowest BCUT2D eigenvalue weighted by Gasteiger charge is -1.92. The fourth-order valence-electron chi connectivity index (χ4n) is 0.359. The molecular weight excluding hydrogens is 268 g/mol. The maximum absolute atomic E-state index is 9.51. The van der Waals surface area contributed by atoms with Gasteiger partial charge in [-0.1, -0.05) is 8.67 Å². The molecule has 0 rings (SSSR count). The Balaban J connectivity index is 0. The predicted octanol–water partition coefficient (Wildman–Crippen LogP) is -1.78. The van der Waals surface area contributed by atoms with E-state index in [1.54, 1.807) is 0 Å². The monoisotopic (exact) mass is 282 g/mol. The van der Waals surface area contributed by atoms with Gasteiger partial charge in [-0.15, -0.1) is 0 Å². The second kappa shape index (κ2) is 8.77. The highest BCUT2D eigenvalue weighted by molar-refractivity contribution is 7.83. The van der Waals surface area contributed by atoms with E-state index >= 15 is 0 Å². The fraction of sp³-hybridized carbons (Fsp3) is 1.00. The van der Waals surface area contributed by atoms with E-state index in [9.17, 15) is 16.8 Å². The quantitative estimate of drug-likeness (QED) is 0.188. The van der Waals surface area contributed by atoms with Crippen LogP contribution < -0.4 is 11.5 Å². The van der Waals surface area contributed by atoms with Crippen LogP contribution in [0.15, 0.2) is 0 Å². The van der Waals surface area contributed by atoms with Crippen LogP contribution in [0.4, 0.5) is 0 Å². The van der Waals surface area contributed by atoms with Crippen LogP contribution >= 0.6 is 0 Å². The molecule has 6 N–H and O–H groups in total. The Kier molecular flexibility index (Phi) is 9.89. The smallest absolute Gasteiger partial charge is 0.330 e. The van der Waals surface area contributed by atoms with Crippen LogP contribution in [0.3, 0.4) is 0 Å². The van der Waals surface area contributed by atoms with E-state index in [-0.39, 0.29) is 0 Å². The lowest BCUT2D eigenvalue weighted by Crippen LogP contribution is -2.10. The van der Waals surface area contributed by atoms with Gasteiger partial charge >= 0.3 is 20.8 Å². The first-order valence-electron chi connectivity index (χ1n) is 3.85. The summed E-state index contributed by atoms with van der Waals surface area (Å²) in [5.41, 5.74) is 10.3. The zero-order valence-corrected chi connectivity index (χ0v) is 9.78. The van der Waals surface area contributed by atoms with Crippen LogP contribution in [0.5, 0.6) is 0 Å². The zero-order valence-electron chi connectivity index (χ0n) is 8.14. The van der Waals surface area contributed by atoms with Gasteiger partial charge in [-0.25, -0.2) is 0 Å². The first-order valence-corrected chi connectivity index (χ1v) is 6.58. The van der Waals surface area contributed by atoms with Gasteiger partial charge in [0.25, 0.3) is 0 Å². The third-order valence-corrected chi connectivity index (χ3v) is 1.42. The Morgan fingerprint density at radius 1 is 0.812 bits per heavy atom. The Labute approximate surface area is 93.4 Å². The molecule has 0 aliphatic heterocycles. The molecule has 0 amide bonds. The highest BCUT2D eigenvalue weighted by Crippen LogP contribution is 1.92. The zero-order chi connectivity index (χ0) is 13.2. The summed E-state index contributed by atoms with van der Waals surface area (Å²) in [5, 5.41) is 0. The molecule has 0 atom stereocenters. The molecule has 0 bridgehead atoms. The van der Waals surface area contributed by atoms with Gasteiger partial charge in [0.05, 0.1) is 0 Å². The molecule has 16 heavy (non-hydrogen) atoms. The molecule has 0 unspecified atom stereocenters. The maximum Gasteiger partial charge on any atom is 0.425 e. The van der Waals surface area contributed by atoms with Crippen LogP contribution in [0.1, 0.15) is 12.8 Å². The molecule has 0 radical (unpaired) electrons. The van der Waals surface area contributed by atoms with Crippen LogP contribution in [0, 0.1) is 0 Å². The number of hydrogen-bond acceptors (Lipinski definition) is 8. The summed E-state index contributed by atoms with van der Waals surface area (Å²) in [6.45, 7) is 1.55. The Morgan fingerprint density at radius 2 is 1.06 bits per heavy atom. The van der Waals surface area contributed by atoms with E-state index in [0.717, 1.165) is 25.9 Å². The third kappa shape index (κ3) is 23.5. The van der Waals surface area contributed by atoms with Crippen LogP contribution in [-0.2, 0) is 29.5 Å². The van der Waals surface area contributed by atoms with Gasteiger partial charge in [-0.3, -0.25) is 9.11 Å². The highest BCUT2D eigenvalue weighted by atomic mass is 32.3. The summed E-state index contributed by atoms with van der Waals surface area (Å²) >= 11 is 0. The molecule has 0 spiro atoms. The van der Waals surface area contributed by atoms with Crippen molar-refractivity contribution in [3.63, 3.8) is 0 Å². The number of unbranched alkanes of at least 4 members (excludes halogenated alkanes) is 1. The molecule has 0 aliphatic carbocycles. The molecular formula is C4H14N2O8S2. The minimum absolute atomic E-state index is 0.775. The van der Waals surface area contributed by atoms with Crippen LogP contribution in [0.25, 0.3) is 0 Å². The van der Waals surface area contributed by atoms with Crippen molar-refractivity contribution in [1.29, 1.82) is 0 Å². The number of nitrogens with two attached hydrogens (primary N) is 2. The molecule has 0 aromatic carbocycles. The van der Waals surface area contributed by atoms with Crippen LogP contribution in [0.2, 0.25) is 0 Å². The van der Waals surface area contributed by atoms with Gasteiger partial charge < -0.3 is 11.5 Å².